The van der Waals surface area contributed by atoms with Crippen LogP contribution in [0.3, 0.4) is 0 Å². The molecule has 0 aliphatic carbocycles. The van der Waals surface area contributed by atoms with Gasteiger partial charge in [-0.25, -0.2) is 0 Å². The maximum atomic E-state index is 6.07. The van der Waals surface area contributed by atoms with Crippen molar-refractivity contribution in [1.29, 1.82) is 0 Å². The molecule has 0 bridgehead atoms. The molecule has 0 spiro atoms. The average molecular weight is 533 g/mol. The Hall–Kier alpha value is -4.62. The number of pyridine rings is 1. The number of thiocarbonyl (C=S) groups is 1. The molecule has 2 unspecified atom stereocenters. The Balaban J connectivity index is 1.37. The van der Waals surface area contributed by atoms with E-state index >= 15 is 0 Å². The van der Waals surface area contributed by atoms with Gasteiger partial charge in [-0.3, -0.25) is 4.98 Å². The van der Waals surface area contributed by atoms with Crippen LogP contribution in [0.2, 0.25) is 0 Å². The van der Waals surface area contributed by atoms with Crippen LogP contribution in [0.25, 0.3) is 5.69 Å². The van der Waals surface area contributed by atoms with Crippen molar-refractivity contribution in [3.63, 3.8) is 0 Å². The van der Waals surface area contributed by atoms with Crippen LogP contribution in [0.1, 0.15) is 29.0 Å². The van der Waals surface area contributed by atoms with E-state index in [1.54, 1.807) is 7.11 Å². The molecule has 6 rings (SSSR count). The average Bonchev–Trinajstić information content (AvgIpc) is 3.59. The first kappa shape index (κ1) is 24.7. The van der Waals surface area contributed by atoms with Gasteiger partial charge in [0.1, 0.15) is 23.3 Å². The van der Waals surface area contributed by atoms with Gasteiger partial charge in [0.25, 0.3) is 0 Å². The summed E-state index contributed by atoms with van der Waals surface area (Å²) in [5.41, 5.74) is 5.36. The van der Waals surface area contributed by atoms with Gasteiger partial charge in [-0.05, 0) is 104 Å². The molecule has 1 aliphatic heterocycles. The van der Waals surface area contributed by atoms with Crippen molar-refractivity contribution >= 4 is 23.0 Å². The summed E-state index contributed by atoms with van der Waals surface area (Å²) >= 11 is 5.93. The molecule has 3 heterocycles. The molecule has 2 atom stereocenters. The summed E-state index contributed by atoms with van der Waals surface area (Å²) in [4.78, 5) is 6.87. The van der Waals surface area contributed by atoms with Gasteiger partial charge in [0.05, 0.1) is 18.8 Å². The minimum Gasteiger partial charge on any atom is -0.497 e. The number of anilines is 1. The Morgan fingerprint density at radius 1 is 0.795 bits per heavy atom. The number of methoxy groups -OCH3 is 1. The van der Waals surface area contributed by atoms with Crippen LogP contribution in [-0.2, 0) is 0 Å². The molecule has 1 fully saturated rings. The standard InChI is InChI=1S/C32H28N4O2S/c1-22-8-3-4-10-28(22)35-21-7-11-29(35)31-30(27-9-5-6-20-33-27)34-32(39)36(31)23-12-14-25(15-13-23)38-26-18-16-24(37-2)17-19-26/h3-21,30-31H,1-2H3,(H,34,39). The van der Waals surface area contributed by atoms with Gasteiger partial charge in [-0.2, -0.15) is 0 Å². The molecule has 2 aromatic heterocycles. The second-order valence-electron chi connectivity index (χ2n) is 9.36. The van der Waals surface area contributed by atoms with Crippen molar-refractivity contribution in [3.8, 4) is 22.9 Å². The van der Waals surface area contributed by atoms with E-state index in [4.69, 9.17) is 21.7 Å². The van der Waals surface area contributed by atoms with Gasteiger partial charge in [0.2, 0.25) is 0 Å². The Bertz CT molecular complexity index is 1580. The fourth-order valence-corrected chi connectivity index (χ4v) is 5.42. The van der Waals surface area contributed by atoms with E-state index in [9.17, 15) is 0 Å². The van der Waals surface area contributed by atoms with E-state index in [1.807, 2.05) is 72.9 Å². The zero-order chi connectivity index (χ0) is 26.8. The molecule has 0 amide bonds. The molecule has 1 aliphatic rings. The molecule has 7 heteroatoms. The molecule has 1 N–H and O–H groups in total. The van der Waals surface area contributed by atoms with Crippen LogP contribution in [0.15, 0.2) is 116 Å². The highest BCUT2D eigenvalue weighted by molar-refractivity contribution is 7.80. The molecule has 6 nitrogen and oxygen atoms in total. The Kier molecular flexibility index (Phi) is 6.73. The number of rotatable bonds is 7. The van der Waals surface area contributed by atoms with Crippen molar-refractivity contribution in [2.75, 3.05) is 12.0 Å². The maximum absolute atomic E-state index is 6.07. The summed E-state index contributed by atoms with van der Waals surface area (Å²) in [6, 6.07) is 33.9. The van der Waals surface area contributed by atoms with Crippen molar-refractivity contribution in [2.45, 2.75) is 19.0 Å². The molecule has 3 aromatic carbocycles. The predicted octanol–water partition coefficient (Wildman–Crippen LogP) is 7.16. The van der Waals surface area contributed by atoms with Crippen molar-refractivity contribution < 1.29 is 9.47 Å². The second kappa shape index (κ2) is 10.6. The number of nitrogens with zero attached hydrogens (tertiary/aromatic N) is 3. The minimum absolute atomic E-state index is 0.129. The normalized spacial score (nSPS) is 16.7. The van der Waals surface area contributed by atoms with Crippen LogP contribution in [0.5, 0.6) is 17.2 Å². The van der Waals surface area contributed by atoms with E-state index in [0.717, 1.165) is 40.0 Å². The number of benzene rings is 3. The highest BCUT2D eigenvalue weighted by Crippen LogP contribution is 2.43. The number of aryl methyl sites for hydroxylation is 1. The lowest BCUT2D eigenvalue weighted by molar-refractivity contribution is 0.413. The number of aromatic nitrogens is 2. The first-order valence-electron chi connectivity index (χ1n) is 12.8. The van der Waals surface area contributed by atoms with Gasteiger partial charge >= 0.3 is 0 Å². The first-order valence-corrected chi connectivity index (χ1v) is 13.2. The molecular weight excluding hydrogens is 504 g/mol. The van der Waals surface area contributed by atoms with Crippen LogP contribution >= 0.6 is 12.2 Å². The second-order valence-corrected chi connectivity index (χ2v) is 9.74. The zero-order valence-corrected chi connectivity index (χ0v) is 22.5. The van der Waals surface area contributed by atoms with Gasteiger partial charge in [0, 0.05) is 29.5 Å². The lowest BCUT2D eigenvalue weighted by Gasteiger charge is -2.29. The summed E-state index contributed by atoms with van der Waals surface area (Å²) in [6.07, 6.45) is 3.93. The predicted molar refractivity (Wildman–Crippen MR) is 158 cm³/mol. The van der Waals surface area contributed by atoms with E-state index in [2.05, 4.69) is 69.3 Å². The molecule has 1 saturated heterocycles. The van der Waals surface area contributed by atoms with Crippen molar-refractivity contribution in [3.05, 3.63) is 132 Å². The fraction of sp³-hybridized carbons (Fsp3) is 0.125. The number of nitrogens with one attached hydrogen (secondary N) is 1. The molecular formula is C32H28N4O2S. The molecule has 39 heavy (non-hydrogen) atoms. The highest BCUT2D eigenvalue weighted by Gasteiger charge is 2.42. The van der Waals surface area contributed by atoms with Gasteiger partial charge in [0.15, 0.2) is 5.11 Å². The smallest absolute Gasteiger partial charge is 0.174 e. The van der Waals surface area contributed by atoms with Gasteiger partial charge < -0.3 is 24.3 Å². The summed E-state index contributed by atoms with van der Waals surface area (Å²) in [7, 11) is 1.65. The monoisotopic (exact) mass is 532 g/mol. The molecule has 194 valence electrons. The number of ether oxygens (including phenoxy) is 2. The first-order chi connectivity index (χ1) is 19.1. The van der Waals surface area contributed by atoms with E-state index < -0.39 is 0 Å². The lowest BCUT2D eigenvalue weighted by Crippen LogP contribution is -2.30. The summed E-state index contributed by atoms with van der Waals surface area (Å²) in [6.45, 7) is 2.13. The quantitative estimate of drug-likeness (QED) is 0.225. The topological polar surface area (TPSA) is 51.6 Å². The van der Waals surface area contributed by atoms with Crippen LogP contribution < -0.4 is 19.7 Å². The van der Waals surface area contributed by atoms with Crippen LogP contribution in [0.4, 0.5) is 5.69 Å². The zero-order valence-electron chi connectivity index (χ0n) is 21.7. The third-order valence-electron chi connectivity index (χ3n) is 6.97. The van der Waals surface area contributed by atoms with Crippen LogP contribution in [-0.4, -0.2) is 21.8 Å². The molecule has 0 radical (unpaired) electrons. The number of hydrogen-bond donors (Lipinski definition) is 1. The maximum Gasteiger partial charge on any atom is 0.174 e. The molecule has 0 saturated carbocycles. The Morgan fingerprint density at radius 2 is 1.49 bits per heavy atom. The summed E-state index contributed by atoms with van der Waals surface area (Å²) in [5, 5.41) is 4.20. The lowest BCUT2D eigenvalue weighted by atomic mass is 10.0. The van der Waals surface area contributed by atoms with Crippen molar-refractivity contribution in [1.82, 2.24) is 14.9 Å². The highest BCUT2D eigenvalue weighted by atomic mass is 32.1. The summed E-state index contributed by atoms with van der Waals surface area (Å²) < 4.78 is 13.6. The Morgan fingerprint density at radius 3 is 2.18 bits per heavy atom. The minimum atomic E-state index is -0.133. The van der Waals surface area contributed by atoms with Crippen molar-refractivity contribution in [2.24, 2.45) is 0 Å². The molecule has 5 aromatic rings. The largest absolute Gasteiger partial charge is 0.497 e. The Labute approximate surface area is 233 Å². The number of hydrogen-bond acceptors (Lipinski definition) is 4. The fourth-order valence-electron chi connectivity index (χ4n) is 5.08. The van der Waals surface area contributed by atoms with E-state index in [0.29, 0.717) is 5.11 Å². The summed E-state index contributed by atoms with van der Waals surface area (Å²) in [5.74, 6) is 2.27. The van der Waals surface area contributed by atoms with Crippen LogP contribution in [0, 0.1) is 6.92 Å². The third-order valence-corrected chi connectivity index (χ3v) is 7.28. The SMILES string of the molecule is COc1ccc(Oc2ccc(N3C(=S)NC(c4ccccn4)C3c3cccn3-c3ccccc3C)cc2)cc1. The third kappa shape index (κ3) is 4.84. The van der Waals surface area contributed by atoms with Gasteiger partial charge in [-0.15, -0.1) is 0 Å². The van der Waals surface area contributed by atoms with Gasteiger partial charge in [-0.1, -0.05) is 24.3 Å². The van der Waals surface area contributed by atoms with E-state index in [1.165, 1.54) is 5.56 Å². The van der Waals surface area contributed by atoms with E-state index in [-0.39, 0.29) is 12.1 Å². The number of para-hydroxylation sites is 1.